The van der Waals surface area contributed by atoms with Crippen molar-refractivity contribution in [3.63, 3.8) is 0 Å². The molecule has 1 aliphatic rings. The molecule has 0 aliphatic heterocycles. The predicted molar refractivity (Wildman–Crippen MR) is 68.5 cm³/mol. The highest BCUT2D eigenvalue weighted by molar-refractivity contribution is 7.13. The molecule has 1 aromatic heterocycles. The van der Waals surface area contributed by atoms with Crippen LogP contribution in [-0.4, -0.2) is 24.1 Å². The minimum atomic E-state index is -0.369. The minimum absolute atomic E-state index is 0.369. The van der Waals surface area contributed by atoms with Crippen molar-refractivity contribution in [1.29, 1.82) is 0 Å². The maximum Gasteiger partial charge on any atom is 0.357 e. The monoisotopic (exact) mass is 254 g/mol. The molecule has 0 unspecified atom stereocenters. The van der Waals surface area contributed by atoms with Crippen LogP contribution in [0.5, 0.6) is 0 Å². The summed E-state index contributed by atoms with van der Waals surface area (Å²) in [6.45, 7) is 2.30. The Morgan fingerprint density at radius 3 is 2.82 bits per heavy atom. The number of carbonyl (C=O) groups is 1. The molecule has 17 heavy (non-hydrogen) atoms. The van der Waals surface area contributed by atoms with Gasteiger partial charge in [0.25, 0.3) is 0 Å². The third-order valence-corrected chi connectivity index (χ3v) is 4.02. The Morgan fingerprint density at radius 2 is 2.18 bits per heavy atom. The average Bonchev–Trinajstić information content (AvgIpc) is 2.80. The summed E-state index contributed by atoms with van der Waals surface area (Å²) in [7, 11) is 1.37. The second-order valence-corrected chi connectivity index (χ2v) is 5.49. The number of hydrogen-bond acceptors (Lipinski definition) is 5. The molecule has 1 fully saturated rings. The Kier molecular flexibility index (Phi) is 3.99. The fourth-order valence-electron chi connectivity index (χ4n) is 2.12. The molecule has 0 radical (unpaired) electrons. The first-order valence-corrected chi connectivity index (χ1v) is 6.87. The van der Waals surface area contributed by atoms with E-state index in [0.29, 0.717) is 11.7 Å². The number of hydrogen-bond donors (Lipinski definition) is 1. The van der Waals surface area contributed by atoms with E-state index in [-0.39, 0.29) is 5.97 Å². The van der Waals surface area contributed by atoms with Crippen molar-refractivity contribution < 1.29 is 9.53 Å². The Bertz CT molecular complexity index is 384. The molecule has 5 heteroatoms. The second kappa shape index (κ2) is 5.49. The zero-order valence-electron chi connectivity index (χ0n) is 10.2. The van der Waals surface area contributed by atoms with Crippen molar-refractivity contribution in [2.75, 3.05) is 12.4 Å². The minimum Gasteiger partial charge on any atom is -0.464 e. The number of aromatic nitrogens is 1. The Morgan fingerprint density at radius 1 is 1.47 bits per heavy atom. The van der Waals surface area contributed by atoms with E-state index in [4.69, 9.17) is 0 Å². The van der Waals surface area contributed by atoms with Crippen LogP contribution in [0.15, 0.2) is 5.38 Å². The Balaban J connectivity index is 1.90. The van der Waals surface area contributed by atoms with Gasteiger partial charge < -0.3 is 10.1 Å². The lowest BCUT2D eigenvalue weighted by Crippen LogP contribution is -2.25. The molecule has 0 aromatic carbocycles. The van der Waals surface area contributed by atoms with E-state index in [2.05, 4.69) is 22.0 Å². The molecular formula is C12H18N2O2S. The third kappa shape index (κ3) is 3.19. The number of esters is 1. The zero-order valence-corrected chi connectivity index (χ0v) is 11.0. The molecule has 0 bridgehead atoms. The van der Waals surface area contributed by atoms with Crippen molar-refractivity contribution in [2.45, 2.75) is 38.6 Å². The summed E-state index contributed by atoms with van der Waals surface area (Å²) in [4.78, 5) is 15.5. The summed E-state index contributed by atoms with van der Waals surface area (Å²) >= 11 is 1.46. The number of nitrogens with zero attached hydrogens (tertiary/aromatic N) is 1. The van der Waals surface area contributed by atoms with Crippen molar-refractivity contribution in [1.82, 2.24) is 4.98 Å². The van der Waals surface area contributed by atoms with Crippen LogP contribution in [0.2, 0.25) is 0 Å². The van der Waals surface area contributed by atoms with Crippen LogP contribution in [0.1, 0.15) is 43.1 Å². The standard InChI is InChI=1S/C12H18N2O2S/c1-8-3-5-9(6-4-8)13-12-14-10(7-17-12)11(15)16-2/h7-9H,3-6H2,1-2H3,(H,13,14). The fourth-order valence-corrected chi connectivity index (χ4v) is 2.88. The van der Waals surface area contributed by atoms with Crippen molar-refractivity contribution in [3.8, 4) is 0 Å². The van der Waals surface area contributed by atoms with Gasteiger partial charge in [0, 0.05) is 11.4 Å². The van der Waals surface area contributed by atoms with Crippen molar-refractivity contribution >= 4 is 22.4 Å². The van der Waals surface area contributed by atoms with Gasteiger partial charge in [-0.2, -0.15) is 0 Å². The van der Waals surface area contributed by atoms with E-state index in [9.17, 15) is 4.79 Å². The molecule has 1 aromatic rings. The summed E-state index contributed by atoms with van der Waals surface area (Å²) in [6.07, 6.45) is 4.92. The van der Waals surface area contributed by atoms with Gasteiger partial charge in [-0.25, -0.2) is 9.78 Å². The van der Waals surface area contributed by atoms with Gasteiger partial charge >= 0.3 is 5.97 Å². The first-order valence-electron chi connectivity index (χ1n) is 5.99. The van der Waals surface area contributed by atoms with Gasteiger partial charge in [-0.1, -0.05) is 6.92 Å². The molecule has 1 aliphatic carbocycles. The largest absolute Gasteiger partial charge is 0.464 e. The van der Waals surface area contributed by atoms with Crippen LogP contribution in [0.25, 0.3) is 0 Å². The topological polar surface area (TPSA) is 51.2 Å². The molecule has 1 heterocycles. The first-order chi connectivity index (χ1) is 8.19. The normalized spacial score (nSPS) is 24.4. The summed E-state index contributed by atoms with van der Waals surface area (Å²) in [6, 6.07) is 0.503. The molecule has 4 nitrogen and oxygen atoms in total. The number of anilines is 1. The number of thiazole rings is 1. The first kappa shape index (κ1) is 12.4. The SMILES string of the molecule is COC(=O)c1csc(NC2CCC(C)CC2)n1. The number of carbonyl (C=O) groups excluding carboxylic acids is 1. The molecule has 94 valence electrons. The van der Waals surface area contributed by atoms with Gasteiger partial charge in [0.15, 0.2) is 10.8 Å². The molecule has 0 atom stereocenters. The fraction of sp³-hybridized carbons (Fsp3) is 0.667. The van der Waals surface area contributed by atoms with Gasteiger partial charge in [-0.3, -0.25) is 0 Å². The molecule has 2 rings (SSSR count). The van der Waals surface area contributed by atoms with Crippen LogP contribution in [-0.2, 0) is 4.74 Å². The van der Waals surface area contributed by atoms with E-state index in [1.807, 2.05) is 0 Å². The highest BCUT2D eigenvalue weighted by Crippen LogP contribution is 2.27. The lowest BCUT2D eigenvalue weighted by atomic mass is 9.87. The van der Waals surface area contributed by atoms with E-state index in [1.54, 1.807) is 5.38 Å². The van der Waals surface area contributed by atoms with Crippen LogP contribution in [0.3, 0.4) is 0 Å². The highest BCUT2D eigenvalue weighted by Gasteiger charge is 2.19. The van der Waals surface area contributed by atoms with E-state index in [1.165, 1.54) is 44.1 Å². The molecule has 0 spiro atoms. The number of nitrogens with one attached hydrogen (secondary N) is 1. The van der Waals surface area contributed by atoms with Gasteiger partial charge in [0.05, 0.1) is 7.11 Å². The Hall–Kier alpha value is -1.10. The van der Waals surface area contributed by atoms with Crippen molar-refractivity contribution in [2.24, 2.45) is 5.92 Å². The van der Waals surface area contributed by atoms with E-state index < -0.39 is 0 Å². The second-order valence-electron chi connectivity index (χ2n) is 4.63. The summed E-state index contributed by atoms with van der Waals surface area (Å²) in [5, 5.41) is 5.96. The van der Waals surface area contributed by atoms with Gasteiger partial charge in [-0.15, -0.1) is 11.3 Å². The van der Waals surface area contributed by atoms with Crippen molar-refractivity contribution in [3.05, 3.63) is 11.1 Å². The van der Waals surface area contributed by atoms with E-state index >= 15 is 0 Å². The number of methoxy groups -OCH3 is 1. The van der Waals surface area contributed by atoms with Gasteiger partial charge in [-0.05, 0) is 31.6 Å². The van der Waals surface area contributed by atoms with E-state index in [0.717, 1.165) is 11.0 Å². The number of rotatable bonds is 3. The number of ether oxygens (including phenoxy) is 1. The molecule has 1 N–H and O–H groups in total. The van der Waals surface area contributed by atoms with Crippen LogP contribution in [0, 0.1) is 5.92 Å². The lowest BCUT2D eigenvalue weighted by Gasteiger charge is -2.26. The third-order valence-electron chi connectivity index (χ3n) is 3.24. The predicted octanol–water partition coefficient (Wildman–Crippen LogP) is 2.92. The lowest BCUT2D eigenvalue weighted by molar-refractivity contribution is 0.0595. The highest BCUT2D eigenvalue weighted by atomic mass is 32.1. The van der Waals surface area contributed by atoms with Crippen LogP contribution < -0.4 is 5.32 Å². The molecule has 1 saturated carbocycles. The van der Waals surface area contributed by atoms with Crippen LogP contribution >= 0.6 is 11.3 Å². The summed E-state index contributed by atoms with van der Waals surface area (Å²) in [5.74, 6) is 0.474. The zero-order chi connectivity index (χ0) is 12.3. The smallest absolute Gasteiger partial charge is 0.357 e. The van der Waals surface area contributed by atoms with Gasteiger partial charge in [0.2, 0.25) is 0 Å². The summed E-state index contributed by atoms with van der Waals surface area (Å²) in [5.41, 5.74) is 0.393. The average molecular weight is 254 g/mol. The van der Waals surface area contributed by atoms with Crippen LogP contribution in [0.4, 0.5) is 5.13 Å². The molecular weight excluding hydrogens is 236 g/mol. The maximum absolute atomic E-state index is 11.3. The maximum atomic E-state index is 11.3. The van der Waals surface area contributed by atoms with Gasteiger partial charge in [0.1, 0.15) is 0 Å². The molecule has 0 saturated heterocycles. The Labute approximate surface area is 105 Å². The molecule has 0 amide bonds. The summed E-state index contributed by atoms with van der Waals surface area (Å²) < 4.78 is 4.63. The quantitative estimate of drug-likeness (QED) is 0.843.